The third-order valence-electron chi connectivity index (χ3n) is 7.23. The molecule has 0 bridgehead atoms. The van der Waals surface area contributed by atoms with Crippen molar-refractivity contribution >= 4 is 28.6 Å². The first-order chi connectivity index (χ1) is 22.1. The number of benzene rings is 3. The summed E-state index contributed by atoms with van der Waals surface area (Å²) in [6.45, 7) is 11.3. The monoisotopic (exact) mass is 690 g/mol. The molecule has 48 heavy (non-hydrogen) atoms. The lowest BCUT2D eigenvalue weighted by molar-refractivity contribution is -0.0500. The second-order valence-corrected chi connectivity index (χ2v) is 14.4. The SMILES string of the molecule is CC1(C)C=Cc2c(C=O)cccc2O1.CC1(C)C=Cc2c(cccc2OS(=O)(=O)C(F)(F)F)O1.CC1(C)CC(O)c2c(O)cccc2O1. The lowest BCUT2D eigenvalue weighted by atomic mass is 9.91. The quantitative estimate of drug-likeness (QED) is 0.161. The van der Waals surface area contributed by atoms with Crippen LogP contribution in [-0.4, -0.2) is 47.2 Å². The molecule has 9 nitrogen and oxygen atoms in total. The zero-order chi connectivity index (χ0) is 35.7. The summed E-state index contributed by atoms with van der Waals surface area (Å²) in [6.07, 6.45) is 7.69. The fourth-order valence-corrected chi connectivity index (χ4v) is 5.49. The topological polar surface area (TPSA) is 129 Å². The van der Waals surface area contributed by atoms with Gasteiger partial charge in [0.25, 0.3) is 0 Å². The van der Waals surface area contributed by atoms with E-state index in [0.717, 1.165) is 23.7 Å². The lowest BCUT2D eigenvalue weighted by Gasteiger charge is -2.35. The second-order valence-electron chi connectivity index (χ2n) is 12.9. The molecule has 258 valence electrons. The van der Waals surface area contributed by atoms with E-state index in [1.165, 1.54) is 18.2 Å². The first-order valence-corrected chi connectivity index (χ1v) is 16.2. The highest BCUT2D eigenvalue weighted by molar-refractivity contribution is 7.88. The van der Waals surface area contributed by atoms with Gasteiger partial charge >= 0.3 is 15.6 Å². The maximum Gasteiger partial charge on any atom is 0.534 e. The van der Waals surface area contributed by atoms with Crippen LogP contribution in [-0.2, 0) is 10.1 Å². The molecular weight excluding hydrogens is 653 g/mol. The number of carbonyl (C=O) groups excluding carboxylic acids is 1. The van der Waals surface area contributed by atoms with Gasteiger partial charge in [-0.15, -0.1) is 0 Å². The number of hydrogen-bond donors (Lipinski definition) is 2. The highest BCUT2D eigenvalue weighted by Gasteiger charge is 2.49. The number of fused-ring (bicyclic) bond motifs is 3. The predicted octanol–water partition coefficient (Wildman–Crippen LogP) is 7.77. The molecule has 0 aliphatic carbocycles. The van der Waals surface area contributed by atoms with Gasteiger partial charge in [0.1, 0.15) is 39.8 Å². The lowest BCUT2D eigenvalue weighted by Crippen LogP contribution is -2.34. The number of phenolic OH excluding ortho intramolecular Hbond substituents is 1. The van der Waals surface area contributed by atoms with Crippen LogP contribution in [0.4, 0.5) is 13.2 Å². The second kappa shape index (κ2) is 13.2. The van der Waals surface area contributed by atoms with Gasteiger partial charge in [0, 0.05) is 17.5 Å². The Balaban J connectivity index is 0.000000166. The summed E-state index contributed by atoms with van der Waals surface area (Å²) < 4.78 is 80.0. The molecule has 3 heterocycles. The number of carbonyl (C=O) groups is 1. The van der Waals surface area contributed by atoms with Crippen molar-refractivity contribution in [3.8, 4) is 28.7 Å². The molecule has 6 rings (SSSR count). The number of halogens is 3. The van der Waals surface area contributed by atoms with Gasteiger partial charge in [0.2, 0.25) is 0 Å². The Hall–Kier alpha value is -4.49. The van der Waals surface area contributed by atoms with Gasteiger partial charge in [0.15, 0.2) is 12.0 Å². The number of phenols is 1. The zero-order valence-electron chi connectivity index (χ0n) is 27.2. The van der Waals surface area contributed by atoms with Crippen molar-refractivity contribution in [1.29, 1.82) is 0 Å². The molecule has 0 aromatic heterocycles. The van der Waals surface area contributed by atoms with Crippen LogP contribution in [0.5, 0.6) is 28.7 Å². The summed E-state index contributed by atoms with van der Waals surface area (Å²) in [6, 6.07) is 14.5. The van der Waals surface area contributed by atoms with E-state index < -0.39 is 33.1 Å². The molecule has 0 saturated carbocycles. The third kappa shape index (κ3) is 8.50. The largest absolute Gasteiger partial charge is 0.534 e. The summed E-state index contributed by atoms with van der Waals surface area (Å²) >= 11 is 0. The number of hydrogen-bond acceptors (Lipinski definition) is 9. The fraction of sp³-hybridized carbons (Fsp3) is 0.343. The summed E-state index contributed by atoms with van der Waals surface area (Å²) in [5.74, 6) is 1.29. The van der Waals surface area contributed by atoms with E-state index in [0.29, 0.717) is 23.3 Å². The zero-order valence-corrected chi connectivity index (χ0v) is 28.0. The minimum Gasteiger partial charge on any atom is -0.507 e. The Morgan fingerprint density at radius 2 is 1.33 bits per heavy atom. The molecule has 2 N–H and O–H groups in total. The van der Waals surface area contributed by atoms with Gasteiger partial charge in [-0.3, -0.25) is 4.79 Å². The predicted molar refractivity (Wildman–Crippen MR) is 174 cm³/mol. The molecule has 0 amide bonds. The van der Waals surface area contributed by atoms with Gasteiger partial charge < -0.3 is 28.6 Å². The minimum absolute atomic E-state index is 0.102. The molecule has 1 atom stereocenters. The summed E-state index contributed by atoms with van der Waals surface area (Å²) in [5, 5.41) is 19.4. The molecule has 3 aromatic rings. The highest BCUT2D eigenvalue weighted by atomic mass is 32.2. The van der Waals surface area contributed by atoms with Crippen molar-refractivity contribution < 1.29 is 55.0 Å². The van der Waals surface area contributed by atoms with E-state index in [2.05, 4.69) is 4.18 Å². The van der Waals surface area contributed by atoms with Crippen molar-refractivity contribution in [2.75, 3.05) is 0 Å². The molecule has 0 spiro atoms. The number of rotatable bonds is 3. The first-order valence-electron chi connectivity index (χ1n) is 14.8. The fourth-order valence-electron chi connectivity index (χ4n) is 5.01. The molecule has 3 aliphatic heterocycles. The molecule has 3 aromatic carbocycles. The third-order valence-corrected chi connectivity index (χ3v) is 8.20. The van der Waals surface area contributed by atoms with Crippen LogP contribution in [0, 0.1) is 0 Å². The molecule has 0 saturated heterocycles. The Morgan fingerprint density at radius 1 is 0.812 bits per heavy atom. The Kier molecular flexibility index (Phi) is 9.99. The Bertz CT molecular complexity index is 1840. The maximum absolute atomic E-state index is 12.3. The number of aliphatic hydroxyl groups excluding tert-OH is 1. The number of aldehydes is 1. The average Bonchev–Trinajstić information content (AvgIpc) is 2.95. The summed E-state index contributed by atoms with van der Waals surface area (Å²) in [5.41, 5.74) is -4.56. The number of aromatic hydroxyl groups is 1. The number of ether oxygens (including phenoxy) is 3. The Morgan fingerprint density at radius 3 is 1.92 bits per heavy atom. The van der Waals surface area contributed by atoms with E-state index in [1.54, 1.807) is 44.2 Å². The van der Waals surface area contributed by atoms with Gasteiger partial charge in [-0.2, -0.15) is 21.6 Å². The van der Waals surface area contributed by atoms with Gasteiger partial charge in [0.05, 0.1) is 17.2 Å². The maximum atomic E-state index is 12.3. The van der Waals surface area contributed by atoms with Crippen LogP contribution in [0.25, 0.3) is 12.2 Å². The number of aliphatic hydroxyl groups is 1. The van der Waals surface area contributed by atoms with Crippen molar-refractivity contribution in [3.05, 3.63) is 89.0 Å². The summed E-state index contributed by atoms with van der Waals surface area (Å²) in [7, 11) is -5.70. The average molecular weight is 691 g/mol. The van der Waals surface area contributed by atoms with Crippen molar-refractivity contribution in [2.45, 2.75) is 76.4 Å². The molecule has 1 unspecified atom stereocenters. The van der Waals surface area contributed by atoms with Gasteiger partial charge in [-0.05, 0) is 90.1 Å². The van der Waals surface area contributed by atoms with Crippen molar-refractivity contribution in [3.63, 3.8) is 0 Å². The van der Waals surface area contributed by atoms with E-state index in [4.69, 9.17) is 14.2 Å². The number of alkyl halides is 3. The molecule has 3 aliphatic rings. The van der Waals surface area contributed by atoms with E-state index in [9.17, 15) is 36.6 Å². The van der Waals surface area contributed by atoms with Crippen LogP contribution in [0.2, 0.25) is 0 Å². The molecule has 13 heteroatoms. The van der Waals surface area contributed by atoms with E-state index in [-0.39, 0.29) is 28.3 Å². The van der Waals surface area contributed by atoms with Crippen LogP contribution in [0.15, 0.2) is 66.7 Å². The van der Waals surface area contributed by atoms with Gasteiger partial charge in [-0.25, -0.2) is 0 Å². The van der Waals surface area contributed by atoms with Crippen LogP contribution in [0.1, 0.15) is 81.1 Å². The smallest absolute Gasteiger partial charge is 0.507 e. The molecular formula is C35H37F3O9S. The van der Waals surface area contributed by atoms with Crippen molar-refractivity contribution in [1.82, 2.24) is 0 Å². The van der Waals surface area contributed by atoms with E-state index >= 15 is 0 Å². The highest BCUT2D eigenvalue weighted by Crippen LogP contribution is 2.43. The van der Waals surface area contributed by atoms with E-state index in [1.807, 2.05) is 52.0 Å². The summed E-state index contributed by atoms with van der Waals surface area (Å²) in [4.78, 5) is 10.8. The Labute approximate surface area is 277 Å². The van der Waals surface area contributed by atoms with Gasteiger partial charge in [-0.1, -0.05) is 30.3 Å². The normalized spacial score (nSPS) is 19.1. The van der Waals surface area contributed by atoms with Crippen LogP contribution >= 0.6 is 0 Å². The van der Waals surface area contributed by atoms with Crippen LogP contribution in [0.3, 0.4) is 0 Å². The standard InChI is InChI=1S/C12H11F3O4S.C12H12O2.C11H14O3/c1-11(2)7-6-8-9(18-11)4-3-5-10(8)19-20(16,17)12(13,14)15;1-12(2)7-6-10-9(8-13)4-3-5-11(10)14-12;1-11(2)6-8(13)10-7(12)4-3-5-9(10)14-11/h3-7H,1-2H3;3-8H,1-2H3;3-5,8,12-13H,6H2,1-2H3. The first kappa shape index (κ1) is 36.3. The minimum atomic E-state index is -5.70. The molecule has 0 fully saturated rings. The van der Waals surface area contributed by atoms with Crippen molar-refractivity contribution in [2.24, 2.45) is 0 Å². The van der Waals surface area contributed by atoms with Crippen LogP contribution < -0.4 is 18.4 Å². The molecule has 0 radical (unpaired) electrons.